The number of halogens is 2. The minimum atomic E-state index is -0.623. The molecule has 0 atom stereocenters. The van der Waals surface area contributed by atoms with Gasteiger partial charge in [-0.25, -0.2) is 4.39 Å². The van der Waals surface area contributed by atoms with Crippen LogP contribution in [0.15, 0.2) is 18.2 Å². The molecular formula is C15H19ClFN3O2. The average Bonchev–Trinajstić information content (AvgIpc) is 2.49. The van der Waals surface area contributed by atoms with Gasteiger partial charge in [0, 0.05) is 31.2 Å². The average molecular weight is 328 g/mol. The van der Waals surface area contributed by atoms with Crippen LogP contribution in [0.2, 0.25) is 5.02 Å². The van der Waals surface area contributed by atoms with Gasteiger partial charge >= 0.3 is 0 Å². The van der Waals surface area contributed by atoms with E-state index in [1.807, 2.05) is 4.90 Å². The maximum absolute atomic E-state index is 13.7. The highest BCUT2D eigenvalue weighted by Gasteiger charge is 2.23. The normalized spacial score (nSPS) is 16.3. The highest BCUT2D eigenvalue weighted by atomic mass is 35.5. The first kappa shape index (κ1) is 16.7. The van der Waals surface area contributed by atoms with Gasteiger partial charge in [-0.2, -0.15) is 0 Å². The van der Waals surface area contributed by atoms with Gasteiger partial charge in [-0.05, 0) is 31.0 Å². The van der Waals surface area contributed by atoms with Crippen LogP contribution in [0, 0.1) is 5.82 Å². The SMILES string of the molecule is CNC(=O)CN1CCC(NC(=O)c2ccc(Cl)cc2F)CC1. The van der Waals surface area contributed by atoms with Crippen molar-refractivity contribution in [3.63, 3.8) is 0 Å². The van der Waals surface area contributed by atoms with E-state index in [4.69, 9.17) is 11.6 Å². The number of likely N-dealkylation sites (N-methyl/N-ethyl adjacent to an activating group) is 1. The predicted molar refractivity (Wildman–Crippen MR) is 82.4 cm³/mol. The number of hydrogen-bond donors (Lipinski definition) is 2. The Morgan fingerprint density at radius 3 is 2.64 bits per heavy atom. The third-order valence-electron chi connectivity index (χ3n) is 3.74. The van der Waals surface area contributed by atoms with Crippen molar-refractivity contribution in [1.82, 2.24) is 15.5 Å². The van der Waals surface area contributed by atoms with E-state index in [0.717, 1.165) is 32.0 Å². The molecule has 1 fully saturated rings. The van der Waals surface area contributed by atoms with Crippen molar-refractivity contribution in [3.05, 3.63) is 34.6 Å². The van der Waals surface area contributed by atoms with Crippen molar-refractivity contribution in [2.24, 2.45) is 0 Å². The molecular weight excluding hydrogens is 309 g/mol. The van der Waals surface area contributed by atoms with Gasteiger partial charge in [-0.15, -0.1) is 0 Å². The molecule has 0 spiro atoms. The van der Waals surface area contributed by atoms with Crippen molar-refractivity contribution in [1.29, 1.82) is 0 Å². The fourth-order valence-electron chi connectivity index (χ4n) is 2.45. The van der Waals surface area contributed by atoms with Crippen molar-refractivity contribution in [2.45, 2.75) is 18.9 Å². The molecule has 2 amide bonds. The Bertz CT molecular complexity index is 560. The quantitative estimate of drug-likeness (QED) is 0.879. The largest absolute Gasteiger partial charge is 0.358 e. The van der Waals surface area contributed by atoms with E-state index < -0.39 is 11.7 Å². The van der Waals surface area contributed by atoms with Crippen molar-refractivity contribution in [3.8, 4) is 0 Å². The Labute approximate surface area is 133 Å². The van der Waals surface area contributed by atoms with E-state index in [0.29, 0.717) is 6.54 Å². The lowest BCUT2D eigenvalue weighted by Crippen LogP contribution is -2.47. The first-order chi connectivity index (χ1) is 10.5. The fraction of sp³-hybridized carbons (Fsp3) is 0.467. The van der Waals surface area contributed by atoms with Crippen LogP contribution in [0.1, 0.15) is 23.2 Å². The van der Waals surface area contributed by atoms with Gasteiger partial charge in [-0.1, -0.05) is 11.6 Å². The number of rotatable bonds is 4. The summed E-state index contributed by atoms with van der Waals surface area (Å²) >= 11 is 5.67. The smallest absolute Gasteiger partial charge is 0.254 e. The van der Waals surface area contributed by atoms with Crippen molar-refractivity contribution in [2.75, 3.05) is 26.7 Å². The van der Waals surface area contributed by atoms with E-state index in [-0.39, 0.29) is 22.5 Å². The fourth-order valence-corrected chi connectivity index (χ4v) is 2.61. The maximum atomic E-state index is 13.7. The minimum absolute atomic E-state index is 0.00260. The Kier molecular flexibility index (Phi) is 5.74. The second-order valence-electron chi connectivity index (χ2n) is 5.32. The number of amides is 2. The summed E-state index contributed by atoms with van der Waals surface area (Å²) in [5.41, 5.74) is -0.00260. The second-order valence-corrected chi connectivity index (χ2v) is 5.76. The number of piperidine rings is 1. The van der Waals surface area contributed by atoms with Crippen LogP contribution in [-0.2, 0) is 4.79 Å². The minimum Gasteiger partial charge on any atom is -0.358 e. The van der Waals surface area contributed by atoms with Gasteiger partial charge in [0.2, 0.25) is 5.91 Å². The molecule has 0 aliphatic carbocycles. The zero-order chi connectivity index (χ0) is 16.1. The number of carbonyl (C=O) groups excluding carboxylic acids is 2. The third kappa shape index (κ3) is 4.42. The number of likely N-dealkylation sites (tertiary alicyclic amines) is 1. The molecule has 2 N–H and O–H groups in total. The molecule has 1 aromatic carbocycles. The number of hydrogen-bond acceptors (Lipinski definition) is 3. The van der Waals surface area contributed by atoms with Crippen LogP contribution < -0.4 is 10.6 Å². The van der Waals surface area contributed by atoms with Crippen LogP contribution in [0.25, 0.3) is 0 Å². The Morgan fingerprint density at radius 2 is 2.05 bits per heavy atom. The van der Waals surface area contributed by atoms with Crippen LogP contribution in [0.3, 0.4) is 0 Å². The molecule has 120 valence electrons. The Morgan fingerprint density at radius 1 is 1.36 bits per heavy atom. The first-order valence-electron chi connectivity index (χ1n) is 7.18. The lowest BCUT2D eigenvalue weighted by Gasteiger charge is -2.31. The Hall–Kier alpha value is -1.66. The molecule has 1 aliphatic rings. The Balaban J connectivity index is 1.85. The standard InChI is InChI=1S/C15H19ClFN3O2/c1-18-14(21)9-20-6-4-11(5-7-20)19-15(22)12-3-2-10(16)8-13(12)17/h2-3,8,11H,4-7,9H2,1H3,(H,18,21)(H,19,22). The molecule has 22 heavy (non-hydrogen) atoms. The summed E-state index contributed by atoms with van der Waals surface area (Å²) in [7, 11) is 1.61. The van der Waals surface area contributed by atoms with E-state index in [1.54, 1.807) is 7.05 Å². The zero-order valence-corrected chi connectivity index (χ0v) is 13.1. The molecule has 0 saturated carbocycles. The molecule has 1 heterocycles. The molecule has 1 saturated heterocycles. The van der Waals surface area contributed by atoms with E-state index in [2.05, 4.69) is 10.6 Å². The van der Waals surface area contributed by atoms with E-state index in [9.17, 15) is 14.0 Å². The van der Waals surface area contributed by atoms with Gasteiger partial charge in [0.15, 0.2) is 0 Å². The van der Waals surface area contributed by atoms with Gasteiger partial charge in [-0.3, -0.25) is 14.5 Å². The summed E-state index contributed by atoms with van der Waals surface area (Å²) in [6, 6.07) is 3.99. The first-order valence-corrected chi connectivity index (χ1v) is 7.56. The molecule has 1 aliphatic heterocycles. The summed E-state index contributed by atoms with van der Waals surface area (Å²) < 4.78 is 13.7. The van der Waals surface area contributed by atoms with Crippen LogP contribution in [-0.4, -0.2) is 49.4 Å². The van der Waals surface area contributed by atoms with Crippen LogP contribution in [0.4, 0.5) is 4.39 Å². The van der Waals surface area contributed by atoms with Crippen LogP contribution in [0.5, 0.6) is 0 Å². The molecule has 1 aromatic rings. The summed E-state index contributed by atoms with van der Waals surface area (Å²) in [6.07, 6.45) is 1.47. The monoisotopic (exact) mass is 327 g/mol. The number of nitrogens with one attached hydrogen (secondary N) is 2. The van der Waals surface area contributed by atoms with E-state index in [1.165, 1.54) is 12.1 Å². The molecule has 0 radical (unpaired) electrons. The lowest BCUT2D eigenvalue weighted by atomic mass is 10.0. The summed E-state index contributed by atoms with van der Waals surface area (Å²) in [5, 5.41) is 5.68. The summed E-state index contributed by atoms with van der Waals surface area (Å²) in [5.74, 6) is -1.08. The third-order valence-corrected chi connectivity index (χ3v) is 3.98. The lowest BCUT2D eigenvalue weighted by molar-refractivity contribution is -0.122. The highest BCUT2D eigenvalue weighted by molar-refractivity contribution is 6.30. The van der Waals surface area contributed by atoms with E-state index >= 15 is 0 Å². The molecule has 0 unspecified atom stereocenters. The molecule has 2 rings (SSSR count). The maximum Gasteiger partial charge on any atom is 0.254 e. The van der Waals surface area contributed by atoms with Gasteiger partial charge in [0.05, 0.1) is 12.1 Å². The predicted octanol–water partition coefficient (Wildman–Crippen LogP) is 1.42. The summed E-state index contributed by atoms with van der Waals surface area (Å²) in [4.78, 5) is 25.4. The van der Waals surface area contributed by atoms with Crippen molar-refractivity contribution >= 4 is 23.4 Å². The van der Waals surface area contributed by atoms with Crippen LogP contribution >= 0.6 is 11.6 Å². The topological polar surface area (TPSA) is 61.4 Å². The van der Waals surface area contributed by atoms with Gasteiger partial charge in [0.1, 0.15) is 5.82 Å². The molecule has 5 nitrogen and oxygen atoms in total. The number of benzene rings is 1. The number of nitrogens with zero attached hydrogens (tertiary/aromatic N) is 1. The van der Waals surface area contributed by atoms with Gasteiger partial charge in [0.25, 0.3) is 5.91 Å². The zero-order valence-electron chi connectivity index (χ0n) is 12.4. The number of carbonyl (C=O) groups is 2. The van der Waals surface area contributed by atoms with Crippen molar-refractivity contribution < 1.29 is 14.0 Å². The molecule has 0 aromatic heterocycles. The highest BCUT2D eigenvalue weighted by Crippen LogP contribution is 2.16. The summed E-state index contributed by atoms with van der Waals surface area (Å²) in [6.45, 7) is 1.81. The molecule has 0 bridgehead atoms. The second kappa shape index (κ2) is 7.56. The van der Waals surface area contributed by atoms with Gasteiger partial charge < -0.3 is 10.6 Å². The molecule has 7 heteroatoms.